The number of hydrogen-bond acceptors (Lipinski definition) is 4. The summed E-state index contributed by atoms with van der Waals surface area (Å²) in [6.07, 6.45) is 0.802. The van der Waals surface area contributed by atoms with Crippen molar-refractivity contribution in [3.05, 3.63) is 29.8 Å². The lowest BCUT2D eigenvalue weighted by molar-refractivity contribution is -0.138. The Morgan fingerprint density at radius 1 is 1.33 bits per heavy atom. The lowest BCUT2D eigenvalue weighted by atomic mass is 10.2. The Kier molecular flexibility index (Phi) is 7.25. The highest BCUT2D eigenvalue weighted by Crippen LogP contribution is 2.12. The monoisotopic (exact) mass is 294 g/mol. The van der Waals surface area contributed by atoms with Crippen molar-refractivity contribution < 1.29 is 19.4 Å². The van der Waals surface area contributed by atoms with E-state index in [0.717, 1.165) is 17.7 Å². The zero-order valence-corrected chi connectivity index (χ0v) is 12.5. The summed E-state index contributed by atoms with van der Waals surface area (Å²) in [6.45, 7) is 2.88. The summed E-state index contributed by atoms with van der Waals surface area (Å²) < 4.78 is 5.12. The van der Waals surface area contributed by atoms with Gasteiger partial charge in [0.1, 0.15) is 5.75 Å². The van der Waals surface area contributed by atoms with Crippen molar-refractivity contribution in [1.29, 1.82) is 0 Å². The zero-order valence-electron chi connectivity index (χ0n) is 12.5. The van der Waals surface area contributed by atoms with Crippen LogP contribution in [0.4, 0.5) is 0 Å². The minimum Gasteiger partial charge on any atom is -0.497 e. The highest BCUT2D eigenvalue weighted by molar-refractivity contribution is 5.79. The minimum absolute atomic E-state index is 0.0874. The van der Waals surface area contributed by atoms with Crippen molar-refractivity contribution in [2.75, 3.05) is 26.7 Å². The number of carboxylic acid groups (broad SMARTS) is 1. The molecule has 116 valence electrons. The number of carboxylic acids is 1. The fraction of sp³-hybridized carbons (Fsp3) is 0.467. The molecule has 0 aliphatic carbocycles. The molecule has 0 bridgehead atoms. The lowest BCUT2D eigenvalue weighted by Crippen LogP contribution is -2.39. The fourth-order valence-electron chi connectivity index (χ4n) is 1.96. The molecule has 6 heteroatoms. The van der Waals surface area contributed by atoms with E-state index in [4.69, 9.17) is 9.84 Å². The van der Waals surface area contributed by atoms with E-state index in [1.807, 2.05) is 31.2 Å². The van der Waals surface area contributed by atoms with Crippen molar-refractivity contribution in [2.45, 2.75) is 19.9 Å². The fourth-order valence-corrected chi connectivity index (χ4v) is 1.96. The van der Waals surface area contributed by atoms with E-state index in [1.165, 1.54) is 0 Å². The third-order valence-electron chi connectivity index (χ3n) is 2.89. The number of methoxy groups -OCH3 is 1. The van der Waals surface area contributed by atoms with Gasteiger partial charge < -0.3 is 15.2 Å². The summed E-state index contributed by atoms with van der Waals surface area (Å²) in [6, 6.07) is 7.43. The smallest absolute Gasteiger partial charge is 0.317 e. The van der Waals surface area contributed by atoms with Gasteiger partial charge in [-0.2, -0.15) is 0 Å². The second-order valence-corrected chi connectivity index (χ2v) is 4.73. The molecule has 0 unspecified atom stereocenters. The molecule has 1 amide bonds. The number of carbonyl (C=O) groups is 2. The molecule has 0 fully saturated rings. The van der Waals surface area contributed by atoms with Crippen LogP contribution >= 0.6 is 0 Å². The van der Waals surface area contributed by atoms with Crippen molar-refractivity contribution in [2.24, 2.45) is 0 Å². The Balaban J connectivity index is 2.46. The number of ether oxygens (including phenoxy) is 1. The van der Waals surface area contributed by atoms with Crippen LogP contribution < -0.4 is 10.1 Å². The molecule has 0 aliphatic rings. The highest BCUT2D eigenvalue weighted by atomic mass is 16.5. The van der Waals surface area contributed by atoms with Crippen LogP contribution in [0.25, 0.3) is 0 Å². The van der Waals surface area contributed by atoms with Gasteiger partial charge in [0.05, 0.1) is 20.2 Å². The summed E-state index contributed by atoms with van der Waals surface area (Å²) in [7, 11) is 1.59. The summed E-state index contributed by atoms with van der Waals surface area (Å²) in [4.78, 5) is 24.2. The summed E-state index contributed by atoms with van der Waals surface area (Å²) in [5.74, 6) is -0.378. The first-order valence-electron chi connectivity index (χ1n) is 6.89. The lowest BCUT2D eigenvalue weighted by Gasteiger charge is -2.18. The third-order valence-corrected chi connectivity index (χ3v) is 2.89. The van der Waals surface area contributed by atoms with Gasteiger partial charge in [-0.25, -0.2) is 0 Å². The summed E-state index contributed by atoms with van der Waals surface area (Å²) >= 11 is 0. The van der Waals surface area contributed by atoms with Crippen molar-refractivity contribution in [3.8, 4) is 5.75 Å². The number of hydrogen-bond donors (Lipinski definition) is 2. The van der Waals surface area contributed by atoms with Gasteiger partial charge in [-0.3, -0.25) is 14.5 Å². The molecule has 0 aliphatic heterocycles. The normalized spacial score (nSPS) is 10.4. The molecule has 1 aromatic rings. The summed E-state index contributed by atoms with van der Waals surface area (Å²) in [5, 5.41) is 11.6. The second kappa shape index (κ2) is 8.97. The first kappa shape index (κ1) is 17.0. The molecule has 1 rings (SSSR count). The van der Waals surface area contributed by atoms with Crippen molar-refractivity contribution in [1.82, 2.24) is 10.2 Å². The number of amides is 1. The standard InChI is InChI=1S/C15H22N2O4/c1-3-7-17(11-15(19)20)10-14(18)16-9-12-5-4-6-13(8-12)21-2/h4-6,8H,3,7,9-11H2,1-2H3,(H,16,18)(H,19,20). The van der Waals surface area contributed by atoms with Crippen LogP contribution in [0.2, 0.25) is 0 Å². The van der Waals surface area contributed by atoms with E-state index in [1.54, 1.807) is 12.0 Å². The van der Waals surface area contributed by atoms with Crippen LogP contribution in [0.5, 0.6) is 5.75 Å². The number of nitrogens with zero attached hydrogens (tertiary/aromatic N) is 1. The first-order valence-corrected chi connectivity index (χ1v) is 6.89. The average Bonchev–Trinajstić information content (AvgIpc) is 2.45. The zero-order chi connectivity index (χ0) is 15.7. The van der Waals surface area contributed by atoms with Gasteiger partial charge in [-0.05, 0) is 30.7 Å². The van der Waals surface area contributed by atoms with Gasteiger partial charge in [0.25, 0.3) is 0 Å². The van der Waals surface area contributed by atoms with E-state index in [2.05, 4.69) is 5.32 Å². The quantitative estimate of drug-likeness (QED) is 0.713. The van der Waals surface area contributed by atoms with Crippen LogP contribution in [-0.2, 0) is 16.1 Å². The predicted octanol–water partition coefficient (Wildman–Crippen LogP) is 1.11. The van der Waals surface area contributed by atoms with Gasteiger partial charge in [0.2, 0.25) is 5.91 Å². The predicted molar refractivity (Wildman–Crippen MR) is 79.2 cm³/mol. The maximum Gasteiger partial charge on any atom is 0.317 e. The average molecular weight is 294 g/mol. The molecule has 1 aromatic carbocycles. The van der Waals surface area contributed by atoms with E-state index in [-0.39, 0.29) is 19.0 Å². The number of nitrogens with one attached hydrogen (secondary N) is 1. The van der Waals surface area contributed by atoms with E-state index < -0.39 is 5.97 Å². The van der Waals surface area contributed by atoms with E-state index in [9.17, 15) is 9.59 Å². The molecular weight excluding hydrogens is 272 g/mol. The molecule has 0 atom stereocenters. The van der Waals surface area contributed by atoms with Crippen LogP contribution in [0.3, 0.4) is 0 Å². The second-order valence-electron chi connectivity index (χ2n) is 4.73. The molecule has 0 saturated carbocycles. The molecule has 0 saturated heterocycles. The van der Waals surface area contributed by atoms with Gasteiger partial charge in [-0.15, -0.1) is 0 Å². The molecular formula is C15H22N2O4. The number of carbonyl (C=O) groups excluding carboxylic acids is 1. The minimum atomic E-state index is -0.927. The maximum atomic E-state index is 11.9. The Morgan fingerprint density at radius 3 is 2.71 bits per heavy atom. The Bertz CT molecular complexity index is 476. The van der Waals surface area contributed by atoms with Gasteiger partial charge in [-0.1, -0.05) is 19.1 Å². The van der Waals surface area contributed by atoms with Gasteiger partial charge >= 0.3 is 5.97 Å². The molecule has 21 heavy (non-hydrogen) atoms. The van der Waals surface area contributed by atoms with Crippen LogP contribution in [0.1, 0.15) is 18.9 Å². The van der Waals surface area contributed by atoms with Crippen LogP contribution in [0.15, 0.2) is 24.3 Å². The number of aliphatic carboxylic acids is 1. The molecule has 6 nitrogen and oxygen atoms in total. The Labute approximate surface area is 124 Å². The molecule has 0 aromatic heterocycles. The first-order chi connectivity index (χ1) is 10.0. The maximum absolute atomic E-state index is 11.9. The Morgan fingerprint density at radius 2 is 2.10 bits per heavy atom. The van der Waals surface area contributed by atoms with Crippen molar-refractivity contribution in [3.63, 3.8) is 0 Å². The third kappa shape index (κ3) is 6.76. The SMILES string of the molecule is CCCN(CC(=O)O)CC(=O)NCc1cccc(OC)c1. The topological polar surface area (TPSA) is 78.9 Å². The molecule has 2 N–H and O–H groups in total. The number of rotatable bonds is 9. The van der Waals surface area contributed by atoms with Crippen LogP contribution in [-0.4, -0.2) is 48.6 Å². The number of benzene rings is 1. The van der Waals surface area contributed by atoms with E-state index in [0.29, 0.717) is 13.1 Å². The van der Waals surface area contributed by atoms with Crippen molar-refractivity contribution >= 4 is 11.9 Å². The Hall–Kier alpha value is -2.08. The molecule has 0 radical (unpaired) electrons. The largest absolute Gasteiger partial charge is 0.497 e. The molecule has 0 spiro atoms. The highest BCUT2D eigenvalue weighted by Gasteiger charge is 2.12. The molecule has 0 heterocycles. The van der Waals surface area contributed by atoms with Gasteiger partial charge in [0.15, 0.2) is 0 Å². The van der Waals surface area contributed by atoms with E-state index >= 15 is 0 Å². The summed E-state index contributed by atoms with van der Waals surface area (Å²) in [5.41, 5.74) is 0.933. The van der Waals surface area contributed by atoms with Gasteiger partial charge in [0, 0.05) is 6.54 Å². The van der Waals surface area contributed by atoms with Crippen LogP contribution in [0, 0.1) is 0 Å².